The second kappa shape index (κ2) is 7.55. The van der Waals surface area contributed by atoms with Gasteiger partial charge in [0.05, 0.1) is 0 Å². The molecule has 8 heteroatoms. The topological polar surface area (TPSA) is 97.1 Å². The van der Waals surface area contributed by atoms with E-state index >= 15 is 0 Å². The Labute approximate surface area is 159 Å². The molecule has 27 heavy (non-hydrogen) atoms. The number of thiazole rings is 1. The molecule has 0 spiro atoms. The van der Waals surface area contributed by atoms with Gasteiger partial charge in [-0.15, -0.1) is 0 Å². The number of nitrogens with one attached hydrogen (secondary N) is 2. The largest absolute Gasteiger partial charge is 0.364 e. The molecular weight excluding hydrogens is 367 g/mol. The first-order chi connectivity index (χ1) is 12.8. The van der Waals surface area contributed by atoms with Crippen molar-refractivity contribution in [1.29, 1.82) is 0 Å². The van der Waals surface area contributed by atoms with Crippen LogP contribution in [0.15, 0.2) is 42.5 Å². The van der Waals surface area contributed by atoms with Gasteiger partial charge in [0, 0.05) is 11.3 Å². The maximum Gasteiger partial charge on any atom is 0.270 e. The van der Waals surface area contributed by atoms with Crippen LogP contribution in [0.1, 0.15) is 32.0 Å². The zero-order valence-electron chi connectivity index (χ0n) is 14.7. The van der Waals surface area contributed by atoms with Crippen LogP contribution in [-0.2, 0) is 0 Å². The van der Waals surface area contributed by atoms with Crippen molar-refractivity contribution in [3.63, 3.8) is 0 Å². The van der Waals surface area contributed by atoms with Gasteiger partial charge in [-0.1, -0.05) is 23.5 Å². The summed E-state index contributed by atoms with van der Waals surface area (Å²) in [5.74, 6) is -1.68. The van der Waals surface area contributed by atoms with E-state index in [0.29, 0.717) is 5.13 Å². The summed E-state index contributed by atoms with van der Waals surface area (Å²) in [6.45, 7) is 3.96. The van der Waals surface area contributed by atoms with Crippen LogP contribution in [0, 0.1) is 19.7 Å². The summed E-state index contributed by atoms with van der Waals surface area (Å²) in [5, 5.41) is 6.41. The third-order valence-corrected chi connectivity index (χ3v) is 4.93. The Morgan fingerprint density at radius 1 is 1.11 bits per heavy atom. The molecule has 1 heterocycles. The summed E-state index contributed by atoms with van der Waals surface area (Å²) in [5.41, 5.74) is 8.60. The molecule has 0 aliphatic heterocycles. The minimum Gasteiger partial charge on any atom is -0.364 e. The smallest absolute Gasteiger partial charge is 0.270 e. The third-order valence-electron chi connectivity index (χ3n) is 4.04. The number of primary amides is 1. The van der Waals surface area contributed by atoms with Gasteiger partial charge in [0.1, 0.15) is 10.8 Å². The van der Waals surface area contributed by atoms with Crippen molar-refractivity contribution in [2.24, 2.45) is 5.73 Å². The van der Waals surface area contributed by atoms with E-state index in [-0.39, 0.29) is 16.3 Å². The molecule has 138 valence electrons. The Balaban J connectivity index is 1.87. The number of benzene rings is 2. The summed E-state index contributed by atoms with van der Waals surface area (Å²) in [7, 11) is 0. The Kier molecular flexibility index (Phi) is 5.18. The molecule has 0 fully saturated rings. The highest BCUT2D eigenvalue weighted by Crippen LogP contribution is 2.32. The van der Waals surface area contributed by atoms with Crippen molar-refractivity contribution in [2.45, 2.75) is 13.8 Å². The Morgan fingerprint density at radius 2 is 1.81 bits per heavy atom. The van der Waals surface area contributed by atoms with E-state index < -0.39 is 17.6 Å². The standard InChI is InChI=1S/C19H17FN4O2S/c1-10-4-3-5-14(11(10)2)22-19-23-15(16(21)25)18(27-19)24-17(26)12-6-8-13(20)9-7-12/h3-9H,1-2H3,(H2,21,25)(H,22,23)(H,24,26). The van der Waals surface area contributed by atoms with Crippen LogP contribution >= 0.6 is 11.3 Å². The third kappa shape index (κ3) is 4.12. The second-order valence-corrected chi connectivity index (χ2v) is 6.89. The number of hydrogen-bond acceptors (Lipinski definition) is 5. The fraction of sp³-hybridized carbons (Fsp3) is 0.105. The number of carbonyl (C=O) groups excluding carboxylic acids is 2. The van der Waals surface area contributed by atoms with Crippen LogP contribution in [0.3, 0.4) is 0 Å². The molecule has 2 aromatic carbocycles. The highest BCUT2D eigenvalue weighted by atomic mass is 32.1. The van der Waals surface area contributed by atoms with Crippen LogP contribution < -0.4 is 16.4 Å². The molecular formula is C19H17FN4O2S. The van der Waals surface area contributed by atoms with E-state index in [4.69, 9.17) is 5.73 Å². The van der Waals surface area contributed by atoms with Crippen LogP contribution in [0.2, 0.25) is 0 Å². The van der Waals surface area contributed by atoms with E-state index in [2.05, 4.69) is 15.6 Å². The average Bonchev–Trinajstić information content (AvgIpc) is 3.02. The Hall–Kier alpha value is -3.26. The van der Waals surface area contributed by atoms with Gasteiger partial charge in [-0.2, -0.15) is 0 Å². The van der Waals surface area contributed by atoms with E-state index in [0.717, 1.165) is 28.2 Å². The summed E-state index contributed by atoms with van der Waals surface area (Å²) in [4.78, 5) is 28.2. The molecule has 0 saturated carbocycles. The lowest BCUT2D eigenvalue weighted by Gasteiger charge is -2.08. The number of halogens is 1. The maximum atomic E-state index is 13.0. The molecule has 0 aliphatic rings. The van der Waals surface area contributed by atoms with Crippen molar-refractivity contribution in [2.75, 3.05) is 10.6 Å². The number of hydrogen-bond donors (Lipinski definition) is 3. The number of aryl methyl sites for hydroxylation is 1. The minimum absolute atomic E-state index is 0.0386. The first kappa shape index (κ1) is 18.5. The van der Waals surface area contributed by atoms with Crippen molar-refractivity contribution in [1.82, 2.24) is 4.98 Å². The molecule has 0 bridgehead atoms. The van der Waals surface area contributed by atoms with Gasteiger partial charge in [-0.25, -0.2) is 9.37 Å². The quantitative estimate of drug-likeness (QED) is 0.619. The molecule has 0 aliphatic carbocycles. The van der Waals surface area contributed by atoms with Gasteiger partial charge in [-0.05, 0) is 55.3 Å². The van der Waals surface area contributed by atoms with Crippen LogP contribution in [0.25, 0.3) is 0 Å². The van der Waals surface area contributed by atoms with Crippen molar-refractivity contribution < 1.29 is 14.0 Å². The fourth-order valence-electron chi connectivity index (χ4n) is 2.40. The number of carbonyl (C=O) groups is 2. The number of nitrogens with zero attached hydrogens (tertiary/aromatic N) is 1. The van der Waals surface area contributed by atoms with E-state index in [1.165, 1.54) is 24.3 Å². The van der Waals surface area contributed by atoms with Gasteiger partial charge >= 0.3 is 0 Å². The molecule has 3 aromatic rings. The maximum absolute atomic E-state index is 13.0. The van der Waals surface area contributed by atoms with Crippen molar-refractivity contribution >= 4 is 39.0 Å². The van der Waals surface area contributed by atoms with Crippen molar-refractivity contribution in [3.05, 3.63) is 70.7 Å². The highest BCUT2D eigenvalue weighted by Gasteiger charge is 2.19. The van der Waals surface area contributed by atoms with Gasteiger partial charge in [0.15, 0.2) is 10.8 Å². The van der Waals surface area contributed by atoms with E-state index in [1.807, 2.05) is 32.0 Å². The normalized spacial score (nSPS) is 10.5. The summed E-state index contributed by atoms with van der Waals surface area (Å²) in [6, 6.07) is 10.9. The lowest BCUT2D eigenvalue weighted by Crippen LogP contribution is -2.17. The summed E-state index contributed by atoms with van der Waals surface area (Å²) >= 11 is 1.09. The Bertz CT molecular complexity index is 1020. The van der Waals surface area contributed by atoms with Crippen molar-refractivity contribution in [3.8, 4) is 0 Å². The predicted octanol–water partition coefficient (Wildman–Crippen LogP) is 3.99. The number of nitrogens with two attached hydrogens (primary N) is 1. The van der Waals surface area contributed by atoms with Gasteiger partial charge in [-0.3, -0.25) is 9.59 Å². The molecule has 3 rings (SSSR count). The SMILES string of the molecule is Cc1cccc(Nc2nc(C(N)=O)c(NC(=O)c3ccc(F)cc3)s2)c1C. The van der Waals surface area contributed by atoms with Gasteiger partial charge in [0.2, 0.25) is 0 Å². The fourth-order valence-corrected chi connectivity index (χ4v) is 3.28. The molecule has 2 amide bonds. The molecule has 4 N–H and O–H groups in total. The number of aromatic nitrogens is 1. The average molecular weight is 384 g/mol. The summed E-state index contributed by atoms with van der Waals surface area (Å²) < 4.78 is 13.0. The molecule has 1 aromatic heterocycles. The number of rotatable bonds is 5. The lowest BCUT2D eigenvalue weighted by atomic mass is 10.1. The van der Waals surface area contributed by atoms with E-state index in [1.54, 1.807) is 0 Å². The molecule has 6 nitrogen and oxygen atoms in total. The van der Waals surface area contributed by atoms with E-state index in [9.17, 15) is 14.0 Å². The number of amides is 2. The lowest BCUT2D eigenvalue weighted by molar-refractivity contribution is 0.0997. The molecule has 0 radical (unpaired) electrons. The summed E-state index contributed by atoms with van der Waals surface area (Å²) in [6.07, 6.45) is 0. The molecule has 0 atom stereocenters. The van der Waals surface area contributed by atoms with Gasteiger partial charge < -0.3 is 16.4 Å². The first-order valence-electron chi connectivity index (χ1n) is 8.06. The van der Waals surface area contributed by atoms with Crippen LogP contribution in [-0.4, -0.2) is 16.8 Å². The monoisotopic (exact) mass is 384 g/mol. The first-order valence-corrected chi connectivity index (χ1v) is 8.87. The minimum atomic E-state index is -0.755. The number of anilines is 3. The molecule has 0 saturated heterocycles. The highest BCUT2D eigenvalue weighted by molar-refractivity contribution is 7.20. The Morgan fingerprint density at radius 3 is 2.48 bits per heavy atom. The van der Waals surface area contributed by atoms with Gasteiger partial charge in [0.25, 0.3) is 11.8 Å². The second-order valence-electron chi connectivity index (χ2n) is 5.89. The zero-order valence-corrected chi connectivity index (χ0v) is 15.5. The van der Waals surface area contributed by atoms with Crippen LogP contribution in [0.4, 0.5) is 20.2 Å². The zero-order chi connectivity index (χ0) is 19.6. The van der Waals surface area contributed by atoms with Crippen LogP contribution in [0.5, 0.6) is 0 Å². The predicted molar refractivity (Wildman–Crippen MR) is 104 cm³/mol. The molecule has 0 unspecified atom stereocenters.